The molecule has 9 aromatic rings. The van der Waals surface area contributed by atoms with Gasteiger partial charge in [-0.15, -0.1) is 0 Å². The molecule has 8 aromatic carbocycles. The molecule has 1 aliphatic rings. The number of fused-ring (bicyclic) bond motifs is 4. The molecule has 0 amide bonds. The molecule has 1 aliphatic carbocycles. The highest BCUT2D eigenvalue weighted by Crippen LogP contribution is 2.50. The zero-order chi connectivity index (χ0) is 36.9. The molecule has 0 bridgehead atoms. The van der Waals surface area contributed by atoms with E-state index in [0.717, 1.165) is 38.6 Å². The summed E-state index contributed by atoms with van der Waals surface area (Å²) in [5.41, 5.74) is 15.2. The van der Waals surface area contributed by atoms with Gasteiger partial charge in [0.1, 0.15) is 0 Å². The van der Waals surface area contributed by atoms with E-state index in [1.165, 1.54) is 44.5 Å². The summed E-state index contributed by atoms with van der Waals surface area (Å²) in [6.45, 7) is 4.65. The van der Waals surface area contributed by atoms with E-state index in [-0.39, 0.29) is 5.41 Å². The van der Waals surface area contributed by atoms with Crippen LogP contribution in [-0.2, 0) is 5.41 Å². The molecule has 0 fully saturated rings. The Kier molecular flexibility index (Phi) is 7.81. The maximum absolute atomic E-state index is 5.19. The van der Waals surface area contributed by atoms with E-state index in [9.17, 15) is 0 Å². The second-order valence-electron chi connectivity index (χ2n) is 14.8. The summed E-state index contributed by atoms with van der Waals surface area (Å²) >= 11 is 0. The van der Waals surface area contributed by atoms with Gasteiger partial charge >= 0.3 is 0 Å². The van der Waals surface area contributed by atoms with Crippen molar-refractivity contribution in [1.82, 2.24) is 15.0 Å². The van der Waals surface area contributed by atoms with E-state index in [4.69, 9.17) is 15.0 Å². The van der Waals surface area contributed by atoms with Crippen LogP contribution in [0.25, 0.3) is 89.4 Å². The van der Waals surface area contributed by atoms with Crippen LogP contribution in [0.5, 0.6) is 0 Å². The molecule has 3 nitrogen and oxygen atoms in total. The van der Waals surface area contributed by atoms with Crippen LogP contribution < -0.4 is 0 Å². The van der Waals surface area contributed by atoms with Crippen LogP contribution in [0, 0.1) is 0 Å². The predicted molar refractivity (Wildman–Crippen MR) is 228 cm³/mol. The standard InChI is InChI=1S/C52H37N3/c1-52(2)47-20-12-11-19-44(47)46-33-40(29-32-48(46)52)41-30-31-45(43-18-10-9-17-42(41)43)51-54-49(38-25-21-36(22-26-38)34-13-5-3-6-14-34)53-50(55-51)39-27-23-37(24-28-39)35-15-7-4-8-16-35/h3-33H,1-2H3. The fourth-order valence-corrected chi connectivity index (χ4v) is 8.27. The van der Waals surface area contributed by atoms with Gasteiger partial charge in [-0.05, 0) is 78.5 Å². The van der Waals surface area contributed by atoms with Gasteiger partial charge in [-0.3, -0.25) is 0 Å². The summed E-state index contributed by atoms with van der Waals surface area (Å²) in [6, 6.07) is 66.7. The lowest BCUT2D eigenvalue weighted by Crippen LogP contribution is -2.14. The highest BCUT2D eigenvalue weighted by Gasteiger charge is 2.35. The Bertz CT molecular complexity index is 2760. The predicted octanol–water partition coefficient (Wildman–Crippen LogP) is 13.3. The molecule has 55 heavy (non-hydrogen) atoms. The zero-order valence-electron chi connectivity index (χ0n) is 30.7. The first-order valence-corrected chi connectivity index (χ1v) is 18.9. The van der Waals surface area contributed by atoms with Crippen molar-refractivity contribution in [2.75, 3.05) is 0 Å². The first kappa shape index (κ1) is 32.7. The molecule has 0 N–H and O–H groups in total. The number of rotatable bonds is 6. The van der Waals surface area contributed by atoms with Crippen LogP contribution in [0.4, 0.5) is 0 Å². The molecule has 0 aliphatic heterocycles. The molecule has 3 heteroatoms. The Labute approximate surface area is 321 Å². The molecule has 0 unspecified atom stereocenters. The molecular weight excluding hydrogens is 667 g/mol. The van der Waals surface area contributed by atoms with E-state index < -0.39 is 0 Å². The minimum atomic E-state index is -0.0335. The number of benzene rings is 8. The SMILES string of the molecule is CC1(C)c2ccccc2-c2cc(-c3ccc(-c4nc(-c5ccc(-c6ccccc6)cc5)nc(-c5ccc(-c6ccccc6)cc5)n4)c4ccccc34)ccc21. The second-order valence-corrected chi connectivity index (χ2v) is 14.8. The molecule has 0 saturated heterocycles. The van der Waals surface area contributed by atoms with Crippen LogP contribution in [0.15, 0.2) is 188 Å². The van der Waals surface area contributed by atoms with Gasteiger partial charge in [-0.2, -0.15) is 0 Å². The monoisotopic (exact) mass is 703 g/mol. The summed E-state index contributed by atoms with van der Waals surface area (Å²) in [4.78, 5) is 15.5. The summed E-state index contributed by atoms with van der Waals surface area (Å²) in [6.07, 6.45) is 0. The maximum atomic E-state index is 5.19. The number of aromatic nitrogens is 3. The molecule has 10 rings (SSSR count). The molecule has 1 heterocycles. The third kappa shape index (κ3) is 5.73. The minimum Gasteiger partial charge on any atom is -0.208 e. The van der Waals surface area contributed by atoms with Gasteiger partial charge in [0, 0.05) is 22.1 Å². The Hall–Kier alpha value is -6.97. The normalized spacial score (nSPS) is 12.7. The number of hydrogen-bond acceptors (Lipinski definition) is 3. The molecule has 1 aromatic heterocycles. The van der Waals surface area contributed by atoms with Gasteiger partial charge in [-0.1, -0.05) is 190 Å². The lowest BCUT2D eigenvalue weighted by Gasteiger charge is -2.21. The van der Waals surface area contributed by atoms with Crippen molar-refractivity contribution < 1.29 is 0 Å². The van der Waals surface area contributed by atoms with Crippen LogP contribution >= 0.6 is 0 Å². The lowest BCUT2D eigenvalue weighted by atomic mass is 9.82. The molecule has 0 radical (unpaired) electrons. The van der Waals surface area contributed by atoms with Crippen molar-refractivity contribution >= 4 is 10.8 Å². The van der Waals surface area contributed by atoms with Crippen molar-refractivity contribution in [1.29, 1.82) is 0 Å². The van der Waals surface area contributed by atoms with Gasteiger partial charge in [0.05, 0.1) is 0 Å². The van der Waals surface area contributed by atoms with Crippen molar-refractivity contribution in [3.05, 3.63) is 199 Å². The van der Waals surface area contributed by atoms with Gasteiger partial charge in [0.25, 0.3) is 0 Å². The van der Waals surface area contributed by atoms with Gasteiger partial charge in [0.2, 0.25) is 0 Å². The zero-order valence-corrected chi connectivity index (χ0v) is 30.7. The lowest BCUT2D eigenvalue weighted by molar-refractivity contribution is 0.660. The second kappa shape index (κ2) is 13.2. The van der Waals surface area contributed by atoms with E-state index >= 15 is 0 Å². The van der Waals surface area contributed by atoms with E-state index in [0.29, 0.717) is 17.5 Å². The summed E-state index contributed by atoms with van der Waals surface area (Å²) in [7, 11) is 0. The molecular formula is C52H37N3. The van der Waals surface area contributed by atoms with Crippen LogP contribution in [0.1, 0.15) is 25.0 Å². The minimum absolute atomic E-state index is 0.0335. The largest absolute Gasteiger partial charge is 0.208 e. The van der Waals surface area contributed by atoms with E-state index in [1.807, 2.05) is 12.1 Å². The highest BCUT2D eigenvalue weighted by atomic mass is 15.0. The van der Waals surface area contributed by atoms with Crippen LogP contribution in [0.2, 0.25) is 0 Å². The first-order chi connectivity index (χ1) is 27.0. The van der Waals surface area contributed by atoms with Crippen molar-refractivity contribution in [2.24, 2.45) is 0 Å². The average molecular weight is 704 g/mol. The summed E-state index contributed by atoms with van der Waals surface area (Å²) in [5, 5.41) is 2.26. The van der Waals surface area contributed by atoms with Gasteiger partial charge in [0.15, 0.2) is 17.5 Å². The number of nitrogens with zero attached hydrogens (tertiary/aromatic N) is 3. The Morgan fingerprint density at radius 3 is 1.31 bits per heavy atom. The fourth-order valence-electron chi connectivity index (χ4n) is 8.27. The smallest absolute Gasteiger partial charge is 0.164 e. The first-order valence-electron chi connectivity index (χ1n) is 18.9. The maximum Gasteiger partial charge on any atom is 0.164 e. The topological polar surface area (TPSA) is 38.7 Å². The third-order valence-electron chi connectivity index (χ3n) is 11.2. The molecule has 0 spiro atoms. The van der Waals surface area contributed by atoms with E-state index in [1.54, 1.807) is 0 Å². The van der Waals surface area contributed by atoms with Crippen LogP contribution in [-0.4, -0.2) is 15.0 Å². The van der Waals surface area contributed by atoms with Crippen molar-refractivity contribution in [3.63, 3.8) is 0 Å². The van der Waals surface area contributed by atoms with Gasteiger partial charge in [-0.25, -0.2) is 15.0 Å². The van der Waals surface area contributed by atoms with Crippen LogP contribution in [0.3, 0.4) is 0 Å². The number of hydrogen-bond donors (Lipinski definition) is 0. The van der Waals surface area contributed by atoms with Crippen molar-refractivity contribution in [3.8, 4) is 78.7 Å². The molecule has 0 atom stereocenters. The quantitative estimate of drug-likeness (QED) is 0.173. The third-order valence-corrected chi connectivity index (χ3v) is 11.2. The highest BCUT2D eigenvalue weighted by molar-refractivity contribution is 6.05. The van der Waals surface area contributed by atoms with E-state index in [2.05, 4.69) is 190 Å². The summed E-state index contributed by atoms with van der Waals surface area (Å²) in [5.74, 6) is 1.92. The van der Waals surface area contributed by atoms with Crippen molar-refractivity contribution in [2.45, 2.75) is 19.3 Å². The Morgan fingerprint density at radius 2 is 0.709 bits per heavy atom. The van der Waals surface area contributed by atoms with Gasteiger partial charge < -0.3 is 0 Å². The summed E-state index contributed by atoms with van der Waals surface area (Å²) < 4.78 is 0. The Balaban J connectivity index is 1.10. The fraction of sp³-hybridized carbons (Fsp3) is 0.0577. The molecule has 260 valence electrons. The average Bonchev–Trinajstić information content (AvgIpc) is 3.49. The molecule has 0 saturated carbocycles. The Morgan fingerprint density at radius 1 is 0.291 bits per heavy atom.